The van der Waals surface area contributed by atoms with Crippen molar-refractivity contribution < 1.29 is 0 Å². The van der Waals surface area contributed by atoms with E-state index in [1.807, 2.05) is 0 Å². The van der Waals surface area contributed by atoms with Gasteiger partial charge in [-0.3, -0.25) is 0 Å². The summed E-state index contributed by atoms with van der Waals surface area (Å²) in [5.41, 5.74) is 0. The molecule has 4 unspecified atom stereocenters. The van der Waals surface area contributed by atoms with Crippen LogP contribution in [0, 0.1) is 11.8 Å². The van der Waals surface area contributed by atoms with Crippen molar-refractivity contribution in [1.29, 1.82) is 0 Å². The predicted octanol–water partition coefficient (Wildman–Crippen LogP) is 6.25. The Hall–Kier alpha value is 2.35. The van der Waals surface area contributed by atoms with Gasteiger partial charge in [-0.05, 0) is 12.3 Å². The molecule has 3 rings (SSSR count). The second-order valence-corrected chi connectivity index (χ2v) is 10.8. The van der Waals surface area contributed by atoms with Crippen LogP contribution in [0.15, 0.2) is 11.1 Å². The summed E-state index contributed by atoms with van der Waals surface area (Å²) >= 11 is 57.4. The molecule has 2 fully saturated rings. The fraction of sp³-hybridized carbons (Fsp3) is 0.800. The van der Waals surface area contributed by atoms with Gasteiger partial charge in [0.05, 0.1) is 0 Å². The van der Waals surface area contributed by atoms with Crippen LogP contribution in [0.4, 0.5) is 0 Å². The maximum absolute atomic E-state index is 6.70. The average Bonchev–Trinajstić information content (AvgIpc) is 2.67. The molecular formula is C10H5Cl9. The molecule has 0 aromatic rings. The third-order valence-corrected chi connectivity index (χ3v) is 10.8. The highest BCUT2D eigenvalue weighted by molar-refractivity contribution is 6.73. The van der Waals surface area contributed by atoms with Crippen molar-refractivity contribution >= 4 is 104 Å². The molecule has 0 aliphatic heterocycles. The van der Waals surface area contributed by atoms with Crippen molar-refractivity contribution in [3.8, 4) is 0 Å². The van der Waals surface area contributed by atoms with Gasteiger partial charge in [-0.15, -0.1) is 23.2 Å². The van der Waals surface area contributed by atoms with E-state index in [4.69, 9.17) is 104 Å². The monoisotopic (exact) mass is 440 g/mol. The highest BCUT2D eigenvalue weighted by Crippen LogP contribution is 2.82. The zero-order valence-electron chi connectivity index (χ0n) is 8.84. The standard InChI is InChI=1S/C10H5Cl9/c11-4-1-3-2-6(4,12)7(13)5(3)8(14,15)10(18,19)9(7,16)17/h1,3,5H,2H2. The first kappa shape index (κ1) is 16.2. The maximum atomic E-state index is 6.70. The van der Waals surface area contributed by atoms with Gasteiger partial charge in [-0.25, -0.2) is 0 Å². The van der Waals surface area contributed by atoms with Crippen molar-refractivity contribution in [2.45, 2.75) is 29.2 Å². The summed E-state index contributed by atoms with van der Waals surface area (Å²) in [6.45, 7) is 0. The van der Waals surface area contributed by atoms with E-state index in [2.05, 4.69) is 0 Å². The zero-order valence-corrected chi connectivity index (χ0v) is 15.6. The van der Waals surface area contributed by atoms with Crippen LogP contribution < -0.4 is 0 Å². The molecule has 0 saturated heterocycles. The Labute approximate surface area is 155 Å². The number of allylic oxidation sites excluding steroid dienone is 2. The van der Waals surface area contributed by atoms with E-state index in [0.717, 1.165) is 0 Å². The Balaban J connectivity index is 2.32. The lowest BCUT2D eigenvalue weighted by Crippen LogP contribution is -2.57. The van der Waals surface area contributed by atoms with Gasteiger partial charge in [0, 0.05) is 11.0 Å². The summed E-state index contributed by atoms with van der Waals surface area (Å²) in [5, 5.41) is 0.367. The molecule has 2 bridgehead atoms. The van der Waals surface area contributed by atoms with Crippen molar-refractivity contribution in [3.05, 3.63) is 11.1 Å². The van der Waals surface area contributed by atoms with E-state index in [9.17, 15) is 0 Å². The Kier molecular flexibility index (Phi) is 3.46. The maximum Gasteiger partial charge on any atom is 0.185 e. The molecular weight excluding hydrogens is 439 g/mol. The molecule has 0 heterocycles. The molecule has 0 aromatic carbocycles. The lowest BCUT2D eigenvalue weighted by Gasteiger charge is -2.44. The van der Waals surface area contributed by atoms with Gasteiger partial charge in [0.2, 0.25) is 0 Å². The minimum absolute atomic E-state index is 0.186. The fourth-order valence-electron chi connectivity index (χ4n) is 3.48. The number of halogens is 9. The van der Waals surface area contributed by atoms with E-state index >= 15 is 0 Å². The molecule has 0 nitrogen and oxygen atoms in total. The molecule has 2 saturated carbocycles. The first-order valence-corrected chi connectivity index (χ1v) is 8.65. The zero-order chi connectivity index (χ0) is 14.6. The molecule has 3 aliphatic rings. The van der Waals surface area contributed by atoms with Crippen molar-refractivity contribution in [2.24, 2.45) is 11.8 Å². The quantitative estimate of drug-likeness (QED) is 0.388. The van der Waals surface area contributed by atoms with Crippen molar-refractivity contribution in [2.75, 3.05) is 0 Å². The van der Waals surface area contributed by atoms with Gasteiger partial charge < -0.3 is 0 Å². The second-order valence-electron chi connectivity index (χ2n) is 5.14. The Bertz CT molecular complexity index is 495. The lowest BCUT2D eigenvalue weighted by atomic mass is 9.83. The van der Waals surface area contributed by atoms with Crippen molar-refractivity contribution in [3.63, 3.8) is 0 Å². The topological polar surface area (TPSA) is 0 Å². The molecule has 0 N–H and O–H groups in total. The van der Waals surface area contributed by atoms with Crippen LogP contribution in [0.2, 0.25) is 0 Å². The van der Waals surface area contributed by atoms with E-state index < -0.39 is 28.7 Å². The van der Waals surface area contributed by atoms with E-state index in [1.54, 1.807) is 6.08 Å². The minimum atomic E-state index is -1.90. The van der Waals surface area contributed by atoms with Crippen LogP contribution in [0.25, 0.3) is 0 Å². The molecule has 3 aliphatic carbocycles. The van der Waals surface area contributed by atoms with E-state index in [0.29, 0.717) is 11.5 Å². The van der Waals surface area contributed by atoms with Crippen LogP contribution >= 0.6 is 104 Å². The van der Waals surface area contributed by atoms with Crippen LogP contribution in [0.3, 0.4) is 0 Å². The van der Waals surface area contributed by atoms with Gasteiger partial charge in [-0.1, -0.05) is 87.3 Å². The lowest BCUT2D eigenvalue weighted by molar-refractivity contribution is 0.383. The highest BCUT2D eigenvalue weighted by Gasteiger charge is 2.90. The molecule has 0 amide bonds. The van der Waals surface area contributed by atoms with Gasteiger partial charge in [-0.2, -0.15) is 0 Å². The Morgan fingerprint density at radius 2 is 1.42 bits per heavy atom. The molecule has 0 radical (unpaired) electrons. The number of fused-ring (bicyclic) bond motifs is 5. The summed E-state index contributed by atoms with van der Waals surface area (Å²) in [7, 11) is 0. The number of alkyl halides is 8. The third kappa shape index (κ3) is 1.42. The van der Waals surface area contributed by atoms with Crippen LogP contribution in [-0.2, 0) is 0 Å². The average molecular weight is 444 g/mol. The highest BCUT2D eigenvalue weighted by atomic mass is 35.5. The molecule has 19 heavy (non-hydrogen) atoms. The number of rotatable bonds is 0. The van der Waals surface area contributed by atoms with E-state index in [-0.39, 0.29) is 5.92 Å². The smallest absolute Gasteiger partial charge is 0.113 e. The van der Waals surface area contributed by atoms with Crippen LogP contribution in [0.5, 0.6) is 0 Å². The normalized spacial score (nSPS) is 52.2. The van der Waals surface area contributed by atoms with Crippen LogP contribution in [0.1, 0.15) is 6.42 Å². The number of hydrogen-bond acceptors (Lipinski definition) is 0. The molecule has 9 heteroatoms. The summed E-state index contributed by atoms with van der Waals surface area (Å²) in [5.74, 6) is -0.802. The summed E-state index contributed by atoms with van der Waals surface area (Å²) < 4.78 is -5.42. The Morgan fingerprint density at radius 3 is 1.95 bits per heavy atom. The third-order valence-electron chi connectivity index (χ3n) is 4.35. The first-order valence-electron chi connectivity index (χ1n) is 5.25. The van der Waals surface area contributed by atoms with Gasteiger partial charge >= 0.3 is 0 Å². The molecule has 4 atom stereocenters. The van der Waals surface area contributed by atoms with Crippen LogP contribution in [-0.4, -0.2) is 22.7 Å². The Morgan fingerprint density at radius 1 is 0.895 bits per heavy atom. The first-order chi connectivity index (χ1) is 8.36. The van der Waals surface area contributed by atoms with Crippen molar-refractivity contribution in [1.82, 2.24) is 0 Å². The molecule has 0 spiro atoms. The predicted molar refractivity (Wildman–Crippen MR) is 86.0 cm³/mol. The summed E-state index contributed by atoms with van der Waals surface area (Å²) in [4.78, 5) is -2.65. The van der Waals surface area contributed by atoms with Gasteiger partial charge in [0.15, 0.2) is 13.0 Å². The largest absolute Gasteiger partial charge is 0.185 e. The molecule has 0 aromatic heterocycles. The molecule has 108 valence electrons. The number of hydrogen-bond donors (Lipinski definition) is 0. The minimum Gasteiger partial charge on any atom is -0.113 e. The SMILES string of the molecule is ClC1=CC2CC1(Cl)C1(Cl)C2C(Cl)(Cl)C(Cl)(Cl)C1(Cl)Cl. The van der Waals surface area contributed by atoms with Gasteiger partial charge in [0.1, 0.15) is 9.75 Å². The van der Waals surface area contributed by atoms with Gasteiger partial charge in [0.25, 0.3) is 0 Å². The fourth-order valence-corrected chi connectivity index (χ4v) is 7.88. The summed E-state index contributed by atoms with van der Waals surface area (Å²) in [6, 6.07) is 0. The van der Waals surface area contributed by atoms with E-state index in [1.165, 1.54) is 0 Å². The second kappa shape index (κ2) is 4.05. The summed E-state index contributed by atoms with van der Waals surface area (Å²) in [6.07, 6.45) is 2.20.